The van der Waals surface area contributed by atoms with Gasteiger partial charge in [0.15, 0.2) is 0 Å². The summed E-state index contributed by atoms with van der Waals surface area (Å²) in [6, 6.07) is 13.9. The van der Waals surface area contributed by atoms with Crippen molar-refractivity contribution in [1.29, 1.82) is 0 Å². The normalized spacial score (nSPS) is 15.7. The molecule has 1 aliphatic rings. The molecule has 0 spiro atoms. The second-order valence-electron chi connectivity index (χ2n) is 6.78. The number of sulfonamides is 1. The van der Waals surface area contributed by atoms with Crippen LogP contribution in [-0.2, 0) is 10.0 Å². The van der Waals surface area contributed by atoms with Gasteiger partial charge in [-0.05, 0) is 36.4 Å². The molecule has 1 unspecified atom stereocenters. The molecule has 0 saturated carbocycles. The van der Waals surface area contributed by atoms with E-state index >= 15 is 0 Å². The number of benzene rings is 2. The Hall–Kier alpha value is -3.09. The van der Waals surface area contributed by atoms with Crippen molar-refractivity contribution in [3.05, 3.63) is 66.0 Å². The largest absolute Gasteiger partial charge is 0.465 e. The minimum absolute atomic E-state index is 0.256. The monoisotopic (exact) mass is 431 g/mol. The average Bonchev–Trinajstić information content (AvgIpc) is 2.73. The lowest BCUT2D eigenvalue weighted by Crippen LogP contribution is -2.51. The highest BCUT2D eigenvalue weighted by Gasteiger charge is 2.29. The van der Waals surface area contributed by atoms with Gasteiger partial charge in [-0.1, -0.05) is 30.0 Å². The number of hydrogen-bond acceptors (Lipinski definition) is 4. The summed E-state index contributed by atoms with van der Waals surface area (Å²) in [5, 5.41) is 11.2. The topological polar surface area (TPSA) is 89.9 Å². The first kappa shape index (κ1) is 21.6. The van der Waals surface area contributed by atoms with Crippen LogP contribution in [0.3, 0.4) is 0 Å². The van der Waals surface area contributed by atoms with Crippen LogP contribution in [0.4, 0.5) is 14.9 Å². The minimum atomic E-state index is -3.73. The van der Waals surface area contributed by atoms with Crippen molar-refractivity contribution < 1.29 is 22.7 Å². The first-order chi connectivity index (χ1) is 14.3. The summed E-state index contributed by atoms with van der Waals surface area (Å²) in [6.45, 7) is 1.42. The highest BCUT2D eigenvalue weighted by molar-refractivity contribution is 7.89. The van der Waals surface area contributed by atoms with E-state index in [0.29, 0.717) is 18.7 Å². The zero-order valence-electron chi connectivity index (χ0n) is 16.2. The number of carbonyl (C=O) groups is 1. The predicted molar refractivity (Wildman–Crippen MR) is 112 cm³/mol. The molecule has 1 heterocycles. The minimum Gasteiger partial charge on any atom is -0.465 e. The van der Waals surface area contributed by atoms with Crippen molar-refractivity contribution in [2.75, 3.05) is 36.8 Å². The van der Waals surface area contributed by atoms with Gasteiger partial charge in [0.2, 0.25) is 10.0 Å². The zero-order valence-corrected chi connectivity index (χ0v) is 17.0. The van der Waals surface area contributed by atoms with Gasteiger partial charge in [-0.25, -0.2) is 17.6 Å². The number of hydrogen-bond donors (Lipinski definition) is 2. The van der Waals surface area contributed by atoms with E-state index in [2.05, 4.69) is 17.2 Å². The Morgan fingerprint density at radius 2 is 1.70 bits per heavy atom. The van der Waals surface area contributed by atoms with E-state index in [1.165, 1.54) is 16.4 Å². The highest BCUT2D eigenvalue weighted by atomic mass is 32.2. The summed E-state index contributed by atoms with van der Waals surface area (Å²) in [5.41, 5.74) is 1.49. The summed E-state index contributed by atoms with van der Waals surface area (Å²) in [4.78, 5) is 13.1. The first-order valence-corrected chi connectivity index (χ1v) is 11.0. The Balaban J connectivity index is 1.65. The molecule has 9 heteroatoms. The lowest BCUT2D eigenvalue weighted by Gasteiger charge is -2.35. The number of halogens is 1. The number of carboxylic acid groups (broad SMARTS) is 1. The van der Waals surface area contributed by atoms with Gasteiger partial charge < -0.3 is 15.3 Å². The molecular weight excluding hydrogens is 409 g/mol. The maximum Gasteiger partial charge on any atom is 0.405 e. The predicted octanol–water partition coefficient (Wildman–Crippen LogP) is 1.97. The lowest BCUT2D eigenvalue weighted by atomic mass is 10.2. The second-order valence-corrected chi connectivity index (χ2v) is 8.79. The van der Waals surface area contributed by atoms with Gasteiger partial charge in [0, 0.05) is 37.4 Å². The molecule has 1 aliphatic heterocycles. The molecule has 1 saturated heterocycles. The van der Waals surface area contributed by atoms with Crippen LogP contribution < -0.4 is 10.2 Å². The van der Waals surface area contributed by atoms with E-state index in [1.54, 1.807) is 36.4 Å². The quantitative estimate of drug-likeness (QED) is 0.707. The molecular formula is C21H22FN3O4S. The Kier molecular flexibility index (Phi) is 6.92. The van der Waals surface area contributed by atoms with Crippen molar-refractivity contribution in [1.82, 2.24) is 9.62 Å². The third kappa shape index (κ3) is 5.95. The maximum absolute atomic E-state index is 13.1. The van der Waals surface area contributed by atoms with Gasteiger partial charge in [0.1, 0.15) is 11.9 Å². The Morgan fingerprint density at radius 3 is 2.30 bits per heavy atom. The van der Waals surface area contributed by atoms with Crippen LogP contribution in [0.25, 0.3) is 0 Å². The number of nitrogens with one attached hydrogen (secondary N) is 1. The molecule has 1 fully saturated rings. The third-order valence-corrected chi connectivity index (χ3v) is 6.57. The summed E-state index contributed by atoms with van der Waals surface area (Å²) in [6.07, 6.45) is -1.33. The number of amides is 1. The Morgan fingerprint density at radius 1 is 1.07 bits per heavy atom. The molecule has 2 N–H and O–H groups in total. The highest BCUT2D eigenvalue weighted by Crippen LogP contribution is 2.18. The average molecular weight is 431 g/mol. The van der Waals surface area contributed by atoms with Gasteiger partial charge in [0.05, 0.1) is 5.75 Å². The van der Waals surface area contributed by atoms with Crippen molar-refractivity contribution in [3.8, 4) is 11.8 Å². The molecule has 158 valence electrons. The molecule has 1 atom stereocenters. The van der Waals surface area contributed by atoms with Crippen molar-refractivity contribution in [3.63, 3.8) is 0 Å². The van der Waals surface area contributed by atoms with Crippen LogP contribution in [0.2, 0.25) is 0 Å². The molecule has 2 aromatic rings. The van der Waals surface area contributed by atoms with E-state index in [-0.39, 0.29) is 18.9 Å². The Bertz CT molecular complexity index is 1030. The fourth-order valence-corrected chi connectivity index (χ4v) is 4.67. The summed E-state index contributed by atoms with van der Waals surface area (Å²) in [5.74, 6) is 4.75. The molecule has 0 radical (unpaired) electrons. The summed E-state index contributed by atoms with van der Waals surface area (Å²) >= 11 is 0. The zero-order chi connectivity index (χ0) is 21.6. The molecule has 30 heavy (non-hydrogen) atoms. The van der Waals surface area contributed by atoms with Crippen LogP contribution >= 0.6 is 0 Å². The maximum atomic E-state index is 13.1. The van der Waals surface area contributed by atoms with Crippen LogP contribution in [0.1, 0.15) is 5.56 Å². The van der Waals surface area contributed by atoms with Crippen LogP contribution in [0.15, 0.2) is 54.6 Å². The number of rotatable bonds is 5. The van der Waals surface area contributed by atoms with Gasteiger partial charge in [-0.2, -0.15) is 4.31 Å². The molecule has 0 aromatic heterocycles. The molecule has 0 aliphatic carbocycles. The third-order valence-electron chi connectivity index (χ3n) is 4.66. The van der Waals surface area contributed by atoms with E-state index in [0.717, 1.165) is 5.69 Å². The summed E-state index contributed by atoms with van der Waals surface area (Å²) in [7, 11) is -3.73. The van der Waals surface area contributed by atoms with E-state index in [1.807, 2.05) is 11.0 Å². The van der Waals surface area contributed by atoms with Crippen molar-refractivity contribution >= 4 is 21.8 Å². The smallest absolute Gasteiger partial charge is 0.405 e. The lowest BCUT2D eigenvalue weighted by molar-refractivity contribution is 0.193. The van der Waals surface area contributed by atoms with Crippen LogP contribution in [0, 0.1) is 17.7 Å². The number of nitrogens with zero attached hydrogens (tertiary/aromatic N) is 2. The molecule has 1 amide bonds. The van der Waals surface area contributed by atoms with Gasteiger partial charge >= 0.3 is 6.09 Å². The van der Waals surface area contributed by atoms with Gasteiger partial charge in [-0.15, -0.1) is 0 Å². The fraction of sp³-hybridized carbons (Fsp3) is 0.286. The van der Waals surface area contributed by atoms with Crippen LogP contribution in [0.5, 0.6) is 0 Å². The molecule has 2 aromatic carbocycles. The Labute approximate surface area is 175 Å². The van der Waals surface area contributed by atoms with E-state index in [9.17, 15) is 17.6 Å². The summed E-state index contributed by atoms with van der Waals surface area (Å²) < 4.78 is 40.1. The molecule has 3 rings (SSSR count). The van der Waals surface area contributed by atoms with Crippen LogP contribution in [-0.4, -0.2) is 61.9 Å². The number of piperazine rings is 1. The number of anilines is 1. The second kappa shape index (κ2) is 9.61. The van der Waals surface area contributed by atoms with E-state index < -0.39 is 27.9 Å². The first-order valence-electron chi connectivity index (χ1n) is 9.38. The molecule has 7 nitrogen and oxygen atoms in total. The van der Waals surface area contributed by atoms with Gasteiger partial charge in [0.25, 0.3) is 0 Å². The van der Waals surface area contributed by atoms with Crippen molar-refractivity contribution in [2.45, 2.75) is 6.04 Å². The van der Waals surface area contributed by atoms with Gasteiger partial charge in [-0.3, -0.25) is 0 Å². The fourth-order valence-electron chi connectivity index (χ4n) is 3.15. The van der Waals surface area contributed by atoms with E-state index in [4.69, 9.17) is 5.11 Å². The molecule has 0 bridgehead atoms. The SMILES string of the molecule is O=C(O)NC(C#Cc1ccccc1)CS(=O)(=O)N1CCN(c2ccc(F)cc2)CC1. The standard InChI is InChI=1S/C21H22FN3O4S/c22-18-7-10-20(11-8-18)24-12-14-25(15-13-24)30(28,29)16-19(23-21(26)27)9-6-17-4-2-1-3-5-17/h1-5,7-8,10-11,19,23H,12-16H2,(H,26,27). The van der Waals surface area contributed by atoms with Crippen molar-refractivity contribution in [2.24, 2.45) is 0 Å².